The molecule has 19 heavy (non-hydrogen) atoms. The van der Waals surface area contributed by atoms with Gasteiger partial charge in [-0.25, -0.2) is 0 Å². The van der Waals surface area contributed by atoms with Gasteiger partial charge in [0.1, 0.15) is 0 Å². The highest BCUT2D eigenvalue weighted by atomic mass is 16.6. The second kappa shape index (κ2) is 4.33. The lowest BCUT2D eigenvalue weighted by Gasteiger charge is -2.34. The van der Waals surface area contributed by atoms with Crippen LogP contribution < -0.4 is 4.90 Å². The number of carbonyl (C=O) groups excluding carboxylic acids is 1. The molecule has 5 nitrogen and oxygen atoms in total. The number of nitrogens with zero attached hydrogens (tertiary/aromatic N) is 2. The second-order valence-corrected chi connectivity index (χ2v) is 6.05. The Bertz CT molecular complexity index is 546. The van der Waals surface area contributed by atoms with E-state index in [-0.39, 0.29) is 23.1 Å². The molecule has 0 bridgehead atoms. The molecule has 1 aromatic rings. The van der Waals surface area contributed by atoms with Gasteiger partial charge in [-0.2, -0.15) is 0 Å². The minimum Gasteiger partial charge on any atom is -0.308 e. The van der Waals surface area contributed by atoms with Crippen LogP contribution in [0.25, 0.3) is 0 Å². The van der Waals surface area contributed by atoms with E-state index in [0.29, 0.717) is 6.42 Å². The topological polar surface area (TPSA) is 63.5 Å². The number of rotatable bonds is 1. The SMILES string of the molecule is CC(=O)N1c2ccc([N+](=O)[O-])cc2CC1C(C)(C)C. The lowest BCUT2D eigenvalue weighted by atomic mass is 9.84. The summed E-state index contributed by atoms with van der Waals surface area (Å²) in [7, 11) is 0. The third kappa shape index (κ3) is 2.32. The highest BCUT2D eigenvalue weighted by Crippen LogP contribution is 2.41. The van der Waals surface area contributed by atoms with Gasteiger partial charge in [-0.05, 0) is 23.5 Å². The first-order valence-electron chi connectivity index (χ1n) is 6.29. The number of nitro groups is 1. The normalized spacial score (nSPS) is 18.3. The molecular weight excluding hydrogens is 244 g/mol. The Morgan fingerprint density at radius 1 is 1.42 bits per heavy atom. The van der Waals surface area contributed by atoms with Crippen molar-refractivity contribution in [3.8, 4) is 0 Å². The predicted octanol–water partition coefficient (Wildman–Crippen LogP) is 2.92. The Morgan fingerprint density at radius 2 is 2.05 bits per heavy atom. The standard InChI is InChI=1S/C14H18N2O3/c1-9(17)15-12-6-5-11(16(18)19)7-10(12)8-13(15)14(2,3)4/h5-7,13H,8H2,1-4H3. The van der Waals surface area contributed by atoms with Crippen LogP contribution >= 0.6 is 0 Å². The molecule has 1 aliphatic rings. The van der Waals surface area contributed by atoms with E-state index in [0.717, 1.165) is 11.3 Å². The molecular formula is C14H18N2O3. The summed E-state index contributed by atoms with van der Waals surface area (Å²) in [6.07, 6.45) is 0.667. The Kier molecular flexibility index (Phi) is 3.08. The predicted molar refractivity (Wildman–Crippen MR) is 73.2 cm³/mol. The number of nitro benzene ring substituents is 1. The van der Waals surface area contributed by atoms with Crippen molar-refractivity contribution in [1.82, 2.24) is 0 Å². The van der Waals surface area contributed by atoms with Crippen molar-refractivity contribution in [3.05, 3.63) is 33.9 Å². The molecule has 0 N–H and O–H groups in total. The molecule has 0 saturated heterocycles. The largest absolute Gasteiger partial charge is 0.308 e. The molecule has 1 aromatic carbocycles. The molecule has 1 unspecified atom stereocenters. The first-order valence-corrected chi connectivity index (χ1v) is 6.29. The van der Waals surface area contributed by atoms with Crippen LogP contribution in [0.1, 0.15) is 33.3 Å². The molecule has 1 heterocycles. The van der Waals surface area contributed by atoms with E-state index < -0.39 is 4.92 Å². The molecule has 0 spiro atoms. The van der Waals surface area contributed by atoms with Gasteiger partial charge in [0.05, 0.1) is 4.92 Å². The van der Waals surface area contributed by atoms with Crippen molar-refractivity contribution in [3.63, 3.8) is 0 Å². The summed E-state index contributed by atoms with van der Waals surface area (Å²) in [6, 6.07) is 4.76. The minimum absolute atomic E-state index is 0.0208. The van der Waals surface area contributed by atoms with Crippen LogP contribution in [0.5, 0.6) is 0 Å². The van der Waals surface area contributed by atoms with Crippen LogP contribution in [0.15, 0.2) is 18.2 Å². The van der Waals surface area contributed by atoms with Crippen molar-refractivity contribution < 1.29 is 9.72 Å². The van der Waals surface area contributed by atoms with Gasteiger partial charge < -0.3 is 4.90 Å². The van der Waals surface area contributed by atoms with E-state index in [1.54, 1.807) is 17.0 Å². The summed E-state index contributed by atoms with van der Waals surface area (Å²) in [5, 5.41) is 10.8. The van der Waals surface area contributed by atoms with Gasteiger partial charge >= 0.3 is 0 Å². The first kappa shape index (κ1) is 13.5. The van der Waals surface area contributed by atoms with Crippen LogP contribution in [-0.4, -0.2) is 16.9 Å². The fraction of sp³-hybridized carbons (Fsp3) is 0.500. The van der Waals surface area contributed by atoms with Crippen LogP contribution in [0, 0.1) is 15.5 Å². The average molecular weight is 262 g/mol. The summed E-state index contributed by atoms with van der Waals surface area (Å²) >= 11 is 0. The van der Waals surface area contributed by atoms with Crippen molar-refractivity contribution >= 4 is 17.3 Å². The monoisotopic (exact) mass is 262 g/mol. The van der Waals surface area contributed by atoms with E-state index in [2.05, 4.69) is 20.8 Å². The molecule has 0 saturated carbocycles. The van der Waals surface area contributed by atoms with Gasteiger partial charge in [0.2, 0.25) is 5.91 Å². The Labute approximate surface area is 112 Å². The molecule has 0 radical (unpaired) electrons. The third-order valence-corrected chi connectivity index (χ3v) is 3.60. The highest BCUT2D eigenvalue weighted by Gasteiger charge is 2.39. The van der Waals surface area contributed by atoms with E-state index in [4.69, 9.17) is 0 Å². The van der Waals surface area contributed by atoms with Crippen LogP contribution in [0.2, 0.25) is 0 Å². The fourth-order valence-corrected chi connectivity index (χ4v) is 2.63. The molecule has 2 rings (SSSR count). The quantitative estimate of drug-likeness (QED) is 0.577. The maximum Gasteiger partial charge on any atom is 0.269 e. The number of fused-ring (bicyclic) bond motifs is 1. The van der Waals surface area contributed by atoms with Crippen molar-refractivity contribution in [2.75, 3.05) is 4.90 Å². The van der Waals surface area contributed by atoms with Crippen molar-refractivity contribution in [2.24, 2.45) is 5.41 Å². The number of hydrogen-bond acceptors (Lipinski definition) is 3. The van der Waals surface area contributed by atoms with Gasteiger partial charge in [0.25, 0.3) is 5.69 Å². The molecule has 1 aliphatic heterocycles. The van der Waals surface area contributed by atoms with Crippen molar-refractivity contribution in [2.45, 2.75) is 40.2 Å². The zero-order valence-corrected chi connectivity index (χ0v) is 11.6. The number of benzene rings is 1. The van der Waals surface area contributed by atoms with Gasteiger partial charge in [-0.1, -0.05) is 20.8 Å². The van der Waals surface area contributed by atoms with E-state index >= 15 is 0 Å². The van der Waals surface area contributed by atoms with Crippen LogP contribution in [0.4, 0.5) is 11.4 Å². The Hall–Kier alpha value is -1.91. The van der Waals surface area contributed by atoms with Gasteiger partial charge in [-0.3, -0.25) is 14.9 Å². The number of amides is 1. The summed E-state index contributed by atoms with van der Waals surface area (Å²) in [6.45, 7) is 7.77. The average Bonchev–Trinajstić information content (AvgIpc) is 2.66. The van der Waals surface area contributed by atoms with Gasteiger partial charge in [0.15, 0.2) is 0 Å². The molecule has 0 aromatic heterocycles. The van der Waals surface area contributed by atoms with Crippen LogP contribution in [-0.2, 0) is 11.2 Å². The molecule has 0 aliphatic carbocycles. The highest BCUT2D eigenvalue weighted by molar-refractivity contribution is 5.95. The Morgan fingerprint density at radius 3 is 2.53 bits per heavy atom. The molecule has 1 atom stereocenters. The fourth-order valence-electron chi connectivity index (χ4n) is 2.63. The molecule has 5 heteroatoms. The summed E-state index contributed by atoms with van der Waals surface area (Å²) in [4.78, 5) is 24.1. The van der Waals surface area contributed by atoms with Crippen molar-refractivity contribution in [1.29, 1.82) is 0 Å². The maximum atomic E-state index is 11.9. The van der Waals surface area contributed by atoms with Gasteiger partial charge in [0, 0.05) is 30.8 Å². The Balaban J connectivity index is 2.49. The zero-order chi connectivity index (χ0) is 14.4. The minimum atomic E-state index is -0.400. The third-order valence-electron chi connectivity index (χ3n) is 3.60. The maximum absolute atomic E-state index is 11.9. The summed E-state index contributed by atoms with van der Waals surface area (Å²) in [5.74, 6) is -0.0208. The van der Waals surface area contributed by atoms with E-state index in [1.807, 2.05) is 0 Å². The van der Waals surface area contributed by atoms with Gasteiger partial charge in [-0.15, -0.1) is 0 Å². The van der Waals surface area contributed by atoms with E-state index in [1.165, 1.54) is 13.0 Å². The number of non-ortho nitro benzene ring substituents is 1. The van der Waals surface area contributed by atoms with Crippen LogP contribution in [0.3, 0.4) is 0 Å². The lowest BCUT2D eigenvalue weighted by Crippen LogP contribution is -2.44. The number of hydrogen-bond donors (Lipinski definition) is 0. The summed E-state index contributed by atoms with van der Waals surface area (Å²) < 4.78 is 0. The smallest absolute Gasteiger partial charge is 0.269 e. The first-order chi connectivity index (χ1) is 8.71. The molecule has 1 amide bonds. The number of carbonyl (C=O) groups is 1. The second-order valence-electron chi connectivity index (χ2n) is 6.05. The molecule has 102 valence electrons. The number of anilines is 1. The zero-order valence-electron chi connectivity index (χ0n) is 11.6. The molecule has 0 fully saturated rings. The summed E-state index contributed by atoms with van der Waals surface area (Å²) in [5.41, 5.74) is 1.69. The van der Waals surface area contributed by atoms with E-state index in [9.17, 15) is 14.9 Å². The lowest BCUT2D eigenvalue weighted by molar-refractivity contribution is -0.384.